The quantitative estimate of drug-likeness (QED) is 0.919. The van der Waals surface area contributed by atoms with E-state index in [4.69, 9.17) is 9.15 Å². The van der Waals surface area contributed by atoms with Crippen LogP contribution >= 0.6 is 0 Å². The number of fused-ring (bicyclic) bond motifs is 1. The van der Waals surface area contributed by atoms with E-state index in [-0.39, 0.29) is 11.9 Å². The van der Waals surface area contributed by atoms with Crippen molar-refractivity contribution in [1.29, 1.82) is 0 Å². The van der Waals surface area contributed by atoms with Crippen LogP contribution in [0, 0.1) is 13.8 Å². The highest BCUT2D eigenvalue weighted by Crippen LogP contribution is 2.32. The van der Waals surface area contributed by atoms with E-state index in [0.717, 1.165) is 59.8 Å². The smallest absolute Gasteiger partial charge is 0.258 e. The molecule has 1 fully saturated rings. The monoisotopic (exact) mass is 329 g/mol. The Hall–Kier alpha value is -2.08. The molecular weight excluding hydrogens is 306 g/mol. The van der Waals surface area contributed by atoms with E-state index in [2.05, 4.69) is 9.97 Å². The number of ether oxygens (including phenoxy) is 1. The molecule has 6 heteroatoms. The second-order valence-electron chi connectivity index (χ2n) is 6.68. The molecule has 6 nitrogen and oxygen atoms in total. The summed E-state index contributed by atoms with van der Waals surface area (Å²) in [6, 6.07) is -0.173. The second-order valence-corrected chi connectivity index (χ2v) is 6.68. The van der Waals surface area contributed by atoms with Gasteiger partial charge in [-0.3, -0.25) is 4.79 Å². The first-order valence-electron chi connectivity index (χ1n) is 8.66. The summed E-state index contributed by atoms with van der Waals surface area (Å²) in [5.41, 5.74) is 2.87. The van der Waals surface area contributed by atoms with E-state index in [1.807, 2.05) is 18.7 Å². The van der Waals surface area contributed by atoms with Gasteiger partial charge in [0.05, 0.1) is 18.8 Å². The summed E-state index contributed by atoms with van der Waals surface area (Å²) < 4.78 is 11.5. The second kappa shape index (κ2) is 6.09. The highest BCUT2D eigenvalue weighted by atomic mass is 16.5. The zero-order valence-corrected chi connectivity index (χ0v) is 14.2. The third-order valence-electron chi connectivity index (χ3n) is 4.99. The number of H-pyrrole nitrogens is 1. The van der Waals surface area contributed by atoms with Gasteiger partial charge in [-0.2, -0.15) is 0 Å². The molecule has 3 heterocycles. The fourth-order valence-electron chi connectivity index (χ4n) is 3.80. The molecular formula is C18H23N3O3. The van der Waals surface area contributed by atoms with Crippen molar-refractivity contribution in [2.75, 3.05) is 19.8 Å². The molecule has 2 aromatic heterocycles. The minimum Gasteiger partial charge on any atom is -0.465 e. The molecule has 1 atom stereocenters. The fraction of sp³-hybridized carbons (Fsp3) is 0.556. The van der Waals surface area contributed by atoms with Crippen LogP contribution in [0.25, 0.3) is 0 Å². The van der Waals surface area contributed by atoms with E-state index in [0.29, 0.717) is 19.8 Å². The number of hydrogen-bond acceptors (Lipinski definition) is 4. The number of nitrogens with one attached hydrogen (secondary N) is 1. The maximum Gasteiger partial charge on any atom is 0.258 e. The standard InChI is InChI=1S/C18H23N3O3/c1-11-9-19-17(20-11)14-10-23-8-7-21(14)18(22)16-12(2)24-15-6-4-3-5-13(15)16/h9,14H,3-8,10H2,1-2H3,(H,19,20)/t14-/m1/s1. The summed E-state index contributed by atoms with van der Waals surface area (Å²) in [5.74, 6) is 2.57. The lowest BCUT2D eigenvalue weighted by atomic mass is 9.94. The number of aryl methyl sites for hydroxylation is 3. The summed E-state index contributed by atoms with van der Waals surface area (Å²) in [6.45, 7) is 5.46. The number of carbonyl (C=O) groups excluding carboxylic acids is 1. The minimum absolute atomic E-state index is 0.0433. The van der Waals surface area contributed by atoms with Crippen molar-refractivity contribution in [2.24, 2.45) is 0 Å². The minimum atomic E-state index is -0.173. The molecule has 1 amide bonds. The fourth-order valence-corrected chi connectivity index (χ4v) is 3.80. The Kier molecular flexibility index (Phi) is 3.92. The highest BCUT2D eigenvalue weighted by molar-refractivity contribution is 5.97. The van der Waals surface area contributed by atoms with Crippen molar-refractivity contribution in [2.45, 2.75) is 45.6 Å². The molecule has 0 aromatic carbocycles. The van der Waals surface area contributed by atoms with Crippen molar-refractivity contribution in [1.82, 2.24) is 14.9 Å². The van der Waals surface area contributed by atoms with Crippen LogP contribution in [-0.2, 0) is 17.6 Å². The third kappa shape index (κ3) is 2.55. The Labute approximate surface area is 141 Å². The van der Waals surface area contributed by atoms with Gasteiger partial charge in [0, 0.05) is 30.4 Å². The number of furan rings is 1. The number of aromatic nitrogens is 2. The first kappa shape index (κ1) is 15.4. The number of carbonyl (C=O) groups is 1. The van der Waals surface area contributed by atoms with Gasteiger partial charge in [0.1, 0.15) is 23.4 Å². The number of rotatable bonds is 2. The summed E-state index contributed by atoms with van der Waals surface area (Å²) in [7, 11) is 0. The molecule has 1 N–H and O–H groups in total. The van der Waals surface area contributed by atoms with Crippen molar-refractivity contribution in [3.63, 3.8) is 0 Å². The predicted octanol–water partition coefficient (Wildman–Crippen LogP) is 2.71. The van der Waals surface area contributed by atoms with Gasteiger partial charge in [-0.15, -0.1) is 0 Å². The van der Waals surface area contributed by atoms with E-state index in [1.165, 1.54) is 0 Å². The topological polar surface area (TPSA) is 71.4 Å². The third-order valence-corrected chi connectivity index (χ3v) is 4.99. The van der Waals surface area contributed by atoms with Gasteiger partial charge in [-0.25, -0.2) is 4.98 Å². The Bertz CT molecular complexity index is 762. The Morgan fingerprint density at radius 3 is 2.96 bits per heavy atom. The number of nitrogens with zero attached hydrogens (tertiary/aromatic N) is 2. The maximum absolute atomic E-state index is 13.3. The van der Waals surface area contributed by atoms with Crippen LogP contribution in [0.2, 0.25) is 0 Å². The molecule has 0 spiro atoms. The first-order chi connectivity index (χ1) is 11.6. The lowest BCUT2D eigenvalue weighted by molar-refractivity contribution is -0.00515. The number of hydrogen-bond donors (Lipinski definition) is 1. The molecule has 1 aliphatic carbocycles. The van der Waals surface area contributed by atoms with Crippen LogP contribution in [0.5, 0.6) is 0 Å². The summed E-state index contributed by atoms with van der Waals surface area (Å²) >= 11 is 0. The average molecular weight is 329 g/mol. The lowest BCUT2D eigenvalue weighted by Gasteiger charge is -2.34. The predicted molar refractivity (Wildman–Crippen MR) is 88.0 cm³/mol. The highest BCUT2D eigenvalue weighted by Gasteiger charge is 2.35. The molecule has 0 radical (unpaired) electrons. The van der Waals surface area contributed by atoms with Crippen molar-refractivity contribution in [3.05, 3.63) is 40.4 Å². The van der Waals surface area contributed by atoms with E-state index < -0.39 is 0 Å². The molecule has 128 valence electrons. The van der Waals surface area contributed by atoms with Gasteiger partial charge in [-0.1, -0.05) is 0 Å². The summed E-state index contributed by atoms with van der Waals surface area (Å²) in [5, 5.41) is 0. The SMILES string of the molecule is Cc1cnc([C@H]2COCCN2C(=O)c2c(C)oc3c2CCCC3)[nH]1. The molecule has 0 unspecified atom stereocenters. The Morgan fingerprint density at radius 2 is 2.17 bits per heavy atom. The van der Waals surface area contributed by atoms with Gasteiger partial charge < -0.3 is 19.0 Å². The molecule has 2 aromatic rings. The molecule has 1 saturated heterocycles. The number of amides is 1. The molecule has 1 aliphatic heterocycles. The molecule has 0 bridgehead atoms. The van der Waals surface area contributed by atoms with Crippen molar-refractivity contribution in [3.8, 4) is 0 Å². The summed E-state index contributed by atoms with van der Waals surface area (Å²) in [4.78, 5) is 22.9. The van der Waals surface area contributed by atoms with Crippen LogP contribution in [-0.4, -0.2) is 40.5 Å². The van der Waals surface area contributed by atoms with Crippen LogP contribution in [0.15, 0.2) is 10.6 Å². The molecule has 0 saturated carbocycles. The zero-order valence-electron chi connectivity index (χ0n) is 14.2. The van der Waals surface area contributed by atoms with Gasteiger partial charge in [0.15, 0.2) is 0 Å². The number of imidazole rings is 1. The normalized spacial score (nSPS) is 20.9. The van der Waals surface area contributed by atoms with Gasteiger partial charge in [-0.05, 0) is 33.1 Å². The summed E-state index contributed by atoms with van der Waals surface area (Å²) in [6.07, 6.45) is 5.92. The van der Waals surface area contributed by atoms with Crippen LogP contribution in [0.1, 0.15) is 57.8 Å². The average Bonchev–Trinajstić information content (AvgIpc) is 3.16. The molecule has 2 aliphatic rings. The lowest BCUT2D eigenvalue weighted by Crippen LogP contribution is -2.44. The van der Waals surface area contributed by atoms with E-state index in [9.17, 15) is 4.79 Å². The van der Waals surface area contributed by atoms with E-state index in [1.54, 1.807) is 6.20 Å². The van der Waals surface area contributed by atoms with Crippen LogP contribution in [0.4, 0.5) is 0 Å². The number of aromatic amines is 1. The van der Waals surface area contributed by atoms with Crippen molar-refractivity contribution < 1.29 is 13.9 Å². The first-order valence-corrected chi connectivity index (χ1v) is 8.66. The van der Waals surface area contributed by atoms with Gasteiger partial charge >= 0.3 is 0 Å². The molecule has 4 rings (SSSR count). The largest absolute Gasteiger partial charge is 0.465 e. The molecule has 24 heavy (non-hydrogen) atoms. The number of morpholine rings is 1. The Morgan fingerprint density at radius 1 is 1.33 bits per heavy atom. The Balaban J connectivity index is 1.68. The zero-order chi connectivity index (χ0) is 16.7. The van der Waals surface area contributed by atoms with E-state index >= 15 is 0 Å². The van der Waals surface area contributed by atoms with Gasteiger partial charge in [0.25, 0.3) is 5.91 Å². The van der Waals surface area contributed by atoms with Crippen LogP contribution in [0.3, 0.4) is 0 Å². The van der Waals surface area contributed by atoms with Gasteiger partial charge in [0.2, 0.25) is 0 Å². The maximum atomic E-state index is 13.3. The van der Waals surface area contributed by atoms with Crippen molar-refractivity contribution >= 4 is 5.91 Å². The van der Waals surface area contributed by atoms with Crippen LogP contribution < -0.4 is 0 Å².